The molecule has 1 aliphatic heterocycles. The molecule has 1 aromatic carbocycles. The number of nitrogens with one attached hydrogen (secondary N) is 1. The number of nitrogens with zero attached hydrogens (tertiary/aromatic N) is 4. The fraction of sp³-hybridized carbons (Fsp3) is 0.286. The lowest BCUT2D eigenvalue weighted by Gasteiger charge is -2.32. The highest BCUT2D eigenvalue weighted by Gasteiger charge is 2.36. The van der Waals surface area contributed by atoms with Gasteiger partial charge in [-0.05, 0) is 49.4 Å². The van der Waals surface area contributed by atoms with Crippen molar-refractivity contribution in [3.05, 3.63) is 77.9 Å². The fourth-order valence-electron chi connectivity index (χ4n) is 4.49. The van der Waals surface area contributed by atoms with Crippen molar-refractivity contribution < 1.29 is 35.5 Å². The number of hydrogen-bond acceptors (Lipinski definition) is 8. The van der Waals surface area contributed by atoms with Crippen LogP contribution in [0.3, 0.4) is 0 Å². The Hall–Kier alpha value is -4.17. The van der Waals surface area contributed by atoms with Crippen molar-refractivity contribution in [1.82, 2.24) is 20.3 Å². The highest BCUT2D eigenvalue weighted by atomic mass is 32.2. The first-order valence-electron chi connectivity index (χ1n) is 12.8. The summed E-state index contributed by atoms with van der Waals surface area (Å²) >= 11 is 0. The van der Waals surface area contributed by atoms with Gasteiger partial charge in [-0.1, -0.05) is 0 Å². The van der Waals surface area contributed by atoms with Gasteiger partial charge in [0.1, 0.15) is 11.6 Å². The van der Waals surface area contributed by atoms with Gasteiger partial charge < -0.3 is 15.0 Å². The minimum absolute atomic E-state index is 0.00347. The highest BCUT2D eigenvalue weighted by molar-refractivity contribution is 7.91. The molecule has 220 valence electrons. The summed E-state index contributed by atoms with van der Waals surface area (Å²) in [4.78, 5) is 27.6. The van der Waals surface area contributed by atoms with Gasteiger partial charge >= 0.3 is 6.18 Å². The Morgan fingerprint density at radius 2 is 1.83 bits per heavy atom. The number of carbonyl (C=O) groups excluding carboxylic acids is 1. The summed E-state index contributed by atoms with van der Waals surface area (Å²) in [6.07, 6.45) is -3.31. The second-order valence-electron chi connectivity index (χ2n) is 9.80. The highest BCUT2D eigenvalue weighted by Crippen LogP contribution is 2.25. The van der Waals surface area contributed by atoms with Gasteiger partial charge in [0.05, 0.1) is 46.7 Å². The van der Waals surface area contributed by atoms with E-state index in [9.17, 15) is 30.8 Å². The van der Waals surface area contributed by atoms with Crippen LogP contribution >= 0.6 is 0 Å². The molecule has 1 amide bonds. The number of halogens is 4. The van der Waals surface area contributed by atoms with Gasteiger partial charge in [-0.15, -0.1) is 0 Å². The Kier molecular flexibility index (Phi) is 8.10. The quantitative estimate of drug-likeness (QED) is 0.311. The first-order valence-corrected chi connectivity index (χ1v) is 14.5. The number of carbonyl (C=O) groups is 1. The molecular weight excluding hydrogens is 578 g/mol. The summed E-state index contributed by atoms with van der Waals surface area (Å²) in [5.41, 5.74) is 1.87. The smallest absolute Gasteiger partial charge is 0.375 e. The lowest BCUT2D eigenvalue weighted by Crippen LogP contribution is -2.41. The summed E-state index contributed by atoms with van der Waals surface area (Å²) in [7, 11) is -4.58. The van der Waals surface area contributed by atoms with Crippen molar-refractivity contribution in [3.8, 4) is 11.4 Å². The summed E-state index contributed by atoms with van der Waals surface area (Å²) < 4.78 is 81.6. The van der Waals surface area contributed by atoms with Gasteiger partial charge in [0.15, 0.2) is 15.6 Å². The molecule has 14 heteroatoms. The van der Waals surface area contributed by atoms with Gasteiger partial charge in [-0.25, -0.2) is 22.8 Å². The minimum Gasteiger partial charge on any atom is -0.375 e. The Bertz CT molecular complexity index is 1730. The molecule has 0 unspecified atom stereocenters. The average Bonchev–Trinajstić information content (AvgIpc) is 2.94. The zero-order valence-corrected chi connectivity index (χ0v) is 23.0. The average molecular weight is 604 g/mol. The zero-order valence-electron chi connectivity index (χ0n) is 22.2. The number of alkyl halides is 3. The van der Waals surface area contributed by atoms with Crippen LogP contribution in [0.1, 0.15) is 23.0 Å². The van der Waals surface area contributed by atoms with Gasteiger partial charge in [-0.2, -0.15) is 13.2 Å². The summed E-state index contributed by atoms with van der Waals surface area (Å²) in [5.74, 6) is -2.52. The van der Waals surface area contributed by atoms with Crippen LogP contribution in [0.4, 0.5) is 23.4 Å². The van der Waals surface area contributed by atoms with Crippen molar-refractivity contribution in [3.63, 3.8) is 0 Å². The number of anilines is 1. The molecule has 4 aromatic rings. The van der Waals surface area contributed by atoms with E-state index in [2.05, 4.69) is 20.3 Å². The number of amides is 1. The van der Waals surface area contributed by atoms with Crippen molar-refractivity contribution in [2.45, 2.75) is 30.6 Å². The Balaban J connectivity index is 1.30. The molecule has 1 N–H and O–H groups in total. The Morgan fingerprint density at radius 3 is 2.55 bits per heavy atom. The van der Waals surface area contributed by atoms with Crippen molar-refractivity contribution in [2.24, 2.45) is 0 Å². The molecule has 1 aliphatic rings. The van der Waals surface area contributed by atoms with E-state index in [1.165, 1.54) is 12.1 Å². The summed E-state index contributed by atoms with van der Waals surface area (Å²) in [6.45, 7) is 3.63. The third kappa shape index (κ3) is 6.99. The lowest BCUT2D eigenvalue weighted by molar-refractivity contribution is -0.106. The first kappa shape index (κ1) is 29.3. The number of pyridine rings is 3. The van der Waals surface area contributed by atoms with E-state index >= 15 is 0 Å². The molecule has 1 fully saturated rings. The second kappa shape index (κ2) is 11.6. The van der Waals surface area contributed by atoms with E-state index in [1.807, 2.05) is 11.8 Å². The second-order valence-corrected chi connectivity index (χ2v) is 11.8. The molecule has 1 atom stereocenters. The van der Waals surface area contributed by atoms with Crippen molar-refractivity contribution in [2.75, 3.05) is 30.3 Å². The third-order valence-electron chi connectivity index (χ3n) is 6.49. The summed E-state index contributed by atoms with van der Waals surface area (Å²) in [5, 5.41) is 3.35. The third-order valence-corrected chi connectivity index (χ3v) is 8.19. The molecule has 4 heterocycles. The maximum absolute atomic E-state index is 14.6. The van der Waals surface area contributed by atoms with Crippen LogP contribution in [0.25, 0.3) is 22.3 Å². The predicted molar refractivity (Wildman–Crippen MR) is 146 cm³/mol. The number of morpholine rings is 1. The van der Waals surface area contributed by atoms with Gasteiger partial charge in [0, 0.05) is 42.4 Å². The number of ether oxygens (including phenoxy) is 1. The Labute approximate surface area is 238 Å². The minimum atomic E-state index is -4.88. The monoisotopic (exact) mass is 603 g/mol. The largest absolute Gasteiger partial charge is 0.403 e. The van der Waals surface area contributed by atoms with Crippen LogP contribution in [0.2, 0.25) is 0 Å². The van der Waals surface area contributed by atoms with Gasteiger partial charge in [-0.3, -0.25) is 9.78 Å². The molecule has 0 spiro atoms. The normalized spacial score (nSPS) is 16.0. The van der Waals surface area contributed by atoms with Gasteiger partial charge in [0.2, 0.25) is 0 Å². The molecule has 0 saturated carbocycles. The van der Waals surface area contributed by atoms with Crippen molar-refractivity contribution in [1.29, 1.82) is 0 Å². The molecule has 42 heavy (non-hydrogen) atoms. The standard InChI is InChI=1S/C28H25F4N5O4S/c1-17-15-37(8-9-41-17)26-11-20(29)10-25(36-26)23-7-4-19-13-33-21(12-24(19)35-23)14-34-27(38)18-2-5-22(6-3-18)42(39,40)16-28(30,31)32/h2-7,10-13,17H,8-9,14-16H2,1H3,(H,34,38)/t17-/m0/s1. The summed E-state index contributed by atoms with van der Waals surface area (Å²) in [6, 6.07) is 12.0. The van der Waals surface area contributed by atoms with E-state index in [-0.39, 0.29) is 18.2 Å². The van der Waals surface area contributed by atoms with Crippen LogP contribution in [-0.2, 0) is 21.1 Å². The molecule has 0 radical (unpaired) electrons. The maximum Gasteiger partial charge on any atom is 0.403 e. The SMILES string of the molecule is C[C@H]1CN(c2cc(F)cc(-c3ccc4cnc(CNC(=O)c5ccc(S(=O)(=O)CC(F)(F)F)cc5)cc4n3)n2)CCO1. The zero-order chi connectivity index (χ0) is 30.1. The molecule has 1 saturated heterocycles. The van der Waals surface area contributed by atoms with Crippen LogP contribution < -0.4 is 10.2 Å². The number of fused-ring (bicyclic) bond motifs is 1. The number of sulfone groups is 1. The number of benzene rings is 1. The maximum atomic E-state index is 14.6. The Morgan fingerprint density at radius 1 is 1.07 bits per heavy atom. The lowest BCUT2D eigenvalue weighted by atomic mass is 10.1. The fourth-order valence-corrected chi connectivity index (χ4v) is 5.63. The van der Waals surface area contributed by atoms with Crippen LogP contribution in [-0.4, -0.2) is 67.0 Å². The van der Waals surface area contributed by atoms with E-state index in [4.69, 9.17) is 4.74 Å². The van der Waals surface area contributed by atoms with E-state index in [1.54, 1.807) is 24.4 Å². The van der Waals surface area contributed by atoms with Crippen LogP contribution in [0.15, 0.2) is 65.7 Å². The molecule has 0 bridgehead atoms. The van der Waals surface area contributed by atoms with Crippen LogP contribution in [0, 0.1) is 5.82 Å². The molecule has 5 rings (SSSR count). The van der Waals surface area contributed by atoms with E-state index in [0.29, 0.717) is 53.5 Å². The predicted octanol–water partition coefficient (Wildman–Crippen LogP) is 4.32. The first-order chi connectivity index (χ1) is 19.9. The van der Waals surface area contributed by atoms with Crippen molar-refractivity contribution >= 4 is 32.5 Å². The number of hydrogen-bond donors (Lipinski definition) is 1. The van der Waals surface area contributed by atoms with E-state index in [0.717, 1.165) is 24.3 Å². The molecular formula is C28H25F4N5O4S. The topological polar surface area (TPSA) is 114 Å². The van der Waals surface area contributed by atoms with Gasteiger partial charge in [0.25, 0.3) is 5.91 Å². The van der Waals surface area contributed by atoms with E-state index < -0.39 is 38.4 Å². The van der Waals surface area contributed by atoms with Crippen LogP contribution in [0.5, 0.6) is 0 Å². The molecule has 9 nitrogen and oxygen atoms in total. The molecule has 3 aromatic heterocycles. The number of aromatic nitrogens is 3. The number of rotatable bonds is 7. The molecule has 0 aliphatic carbocycles.